The van der Waals surface area contributed by atoms with Gasteiger partial charge in [0.05, 0.1) is 0 Å². The van der Waals surface area contributed by atoms with Gasteiger partial charge in [-0.15, -0.1) is 0 Å². The highest BCUT2D eigenvalue weighted by molar-refractivity contribution is 5.92. The van der Waals surface area contributed by atoms with Gasteiger partial charge in [-0.1, -0.05) is 13.0 Å². The summed E-state index contributed by atoms with van der Waals surface area (Å²) in [6.45, 7) is 2.99. The number of anilines is 1. The summed E-state index contributed by atoms with van der Waals surface area (Å²) in [5, 5.41) is 6.43. The molecule has 0 spiro atoms. The summed E-state index contributed by atoms with van der Waals surface area (Å²) in [6, 6.07) is 5.98. The van der Waals surface area contributed by atoms with Gasteiger partial charge >= 0.3 is 0 Å². The van der Waals surface area contributed by atoms with Crippen molar-refractivity contribution in [3.8, 4) is 0 Å². The second-order valence-electron chi connectivity index (χ2n) is 6.01. The predicted molar refractivity (Wildman–Crippen MR) is 79.7 cm³/mol. The molecule has 2 aliphatic rings. The summed E-state index contributed by atoms with van der Waals surface area (Å²) in [4.78, 5) is 16.7. The molecule has 1 aromatic rings. The molecule has 2 N–H and O–H groups in total. The smallest absolute Gasteiger partial charge is 0.270 e. The number of carbonyl (C=O) groups is 1. The molecule has 0 bridgehead atoms. The molecule has 2 saturated carbocycles. The lowest BCUT2D eigenvalue weighted by Crippen LogP contribution is -2.38. The van der Waals surface area contributed by atoms with Crippen LogP contribution >= 0.6 is 0 Å². The van der Waals surface area contributed by atoms with Gasteiger partial charge < -0.3 is 10.6 Å². The fourth-order valence-corrected chi connectivity index (χ4v) is 2.67. The monoisotopic (exact) mass is 273 g/mol. The fourth-order valence-electron chi connectivity index (χ4n) is 2.67. The minimum atomic E-state index is -0.0195. The zero-order chi connectivity index (χ0) is 13.9. The number of aromatic nitrogens is 1. The van der Waals surface area contributed by atoms with Crippen LogP contribution in [-0.2, 0) is 0 Å². The SMILES string of the molecule is CCCNc1cccc(C(=O)NC(C2CC2)C2CC2)n1. The van der Waals surface area contributed by atoms with Crippen molar-refractivity contribution in [1.82, 2.24) is 10.3 Å². The summed E-state index contributed by atoms with van der Waals surface area (Å²) >= 11 is 0. The molecule has 0 saturated heterocycles. The topological polar surface area (TPSA) is 54.0 Å². The molecule has 0 radical (unpaired) electrons. The van der Waals surface area contributed by atoms with E-state index in [0.717, 1.165) is 18.8 Å². The number of hydrogen-bond acceptors (Lipinski definition) is 3. The van der Waals surface area contributed by atoms with Crippen LogP contribution in [0, 0.1) is 11.8 Å². The largest absolute Gasteiger partial charge is 0.370 e. The maximum absolute atomic E-state index is 12.3. The number of nitrogens with zero attached hydrogens (tertiary/aromatic N) is 1. The quantitative estimate of drug-likeness (QED) is 0.803. The lowest BCUT2D eigenvalue weighted by Gasteiger charge is -2.17. The minimum absolute atomic E-state index is 0.0195. The Kier molecular flexibility index (Phi) is 3.90. The van der Waals surface area contributed by atoms with Crippen molar-refractivity contribution in [2.45, 2.75) is 45.1 Å². The molecule has 2 fully saturated rings. The Balaban J connectivity index is 1.63. The molecular formula is C16H23N3O. The first-order chi connectivity index (χ1) is 9.78. The van der Waals surface area contributed by atoms with Crippen LogP contribution in [0.3, 0.4) is 0 Å². The molecule has 1 heterocycles. The summed E-state index contributed by atoms with van der Waals surface area (Å²) in [6.07, 6.45) is 6.13. The van der Waals surface area contributed by atoms with Crippen LogP contribution in [0.1, 0.15) is 49.5 Å². The van der Waals surface area contributed by atoms with E-state index in [-0.39, 0.29) is 5.91 Å². The normalized spacial score (nSPS) is 18.1. The second-order valence-corrected chi connectivity index (χ2v) is 6.01. The van der Waals surface area contributed by atoms with E-state index in [4.69, 9.17) is 0 Å². The Bertz CT molecular complexity index is 468. The van der Waals surface area contributed by atoms with E-state index in [9.17, 15) is 4.79 Å². The molecule has 4 heteroatoms. The van der Waals surface area contributed by atoms with Gasteiger partial charge in [-0.25, -0.2) is 4.98 Å². The molecule has 1 aromatic heterocycles. The van der Waals surface area contributed by atoms with Crippen molar-refractivity contribution in [3.05, 3.63) is 23.9 Å². The zero-order valence-corrected chi connectivity index (χ0v) is 12.1. The molecule has 4 nitrogen and oxygen atoms in total. The summed E-state index contributed by atoms with van der Waals surface area (Å²) in [7, 11) is 0. The lowest BCUT2D eigenvalue weighted by molar-refractivity contribution is 0.0921. The highest BCUT2D eigenvalue weighted by Gasteiger charge is 2.42. The summed E-state index contributed by atoms with van der Waals surface area (Å²) < 4.78 is 0. The Morgan fingerprint density at radius 2 is 2.00 bits per heavy atom. The minimum Gasteiger partial charge on any atom is -0.370 e. The van der Waals surface area contributed by atoms with Crippen molar-refractivity contribution < 1.29 is 4.79 Å². The van der Waals surface area contributed by atoms with E-state index >= 15 is 0 Å². The first-order valence-electron chi connectivity index (χ1n) is 7.79. The van der Waals surface area contributed by atoms with Crippen molar-refractivity contribution in [2.75, 3.05) is 11.9 Å². The first-order valence-corrected chi connectivity index (χ1v) is 7.79. The Labute approximate surface area is 120 Å². The van der Waals surface area contributed by atoms with Crippen LogP contribution in [0.15, 0.2) is 18.2 Å². The molecule has 3 rings (SSSR count). The van der Waals surface area contributed by atoms with Crippen molar-refractivity contribution in [1.29, 1.82) is 0 Å². The van der Waals surface area contributed by atoms with Gasteiger partial charge in [0.15, 0.2) is 0 Å². The molecule has 0 aromatic carbocycles. The van der Waals surface area contributed by atoms with Gasteiger partial charge in [-0.2, -0.15) is 0 Å². The van der Waals surface area contributed by atoms with E-state index in [2.05, 4.69) is 22.5 Å². The van der Waals surface area contributed by atoms with E-state index in [1.165, 1.54) is 25.7 Å². The van der Waals surface area contributed by atoms with Crippen LogP contribution in [0.4, 0.5) is 5.82 Å². The van der Waals surface area contributed by atoms with Crippen LogP contribution in [0.2, 0.25) is 0 Å². The third kappa shape index (κ3) is 3.30. The molecule has 1 amide bonds. The summed E-state index contributed by atoms with van der Waals surface area (Å²) in [5.74, 6) is 2.20. The van der Waals surface area contributed by atoms with E-state index in [0.29, 0.717) is 23.6 Å². The number of carbonyl (C=O) groups excluding carboxylic acids is 1. The number of nitrogens with one attached hydrogen (secondary N) is 2. The van der Waals surface area contributed by atoms with Gasteiger partial charge in [-0.05, 0) is 56.1 Å². The predicted octanol–water partition coefficient (Wildman–Crippen LogP) is 2.82. The van der Waals surface area contributed by atoms with Crippen LogP contribution in [-0.4, -0.2) is 23.5 Å². The summed E-state index contributed by atoms with van der Waals surface area (Å²) in [5.41, 5.74) is 0.525. The van der Waals surface area contributed by atoms with Crippen molar-refractivity contribution in [3.63, 3.8) is 0 Å². The average Bonchev–Trinajstić information content (AvgIpc) is 3.35. The number of rotatable bonds is 7. The third-order valence-corrected chi connectivity index (χ3v) is 4.10. The molecule has 2 aliphatic carbocycles. The number of amides is 1. The van der Waals surface area contributed by atoms with Gasteiger partial charge in [-0.3, -0.25) is 4.79 Å². The van der Waals surface area contributed by atoms with Crippen molar-refractivity contribution in [2.24, 2.45) is 11.8 Å². The third-order valence-electron chi connectivity index (χ3n) is 4.10. The van der Waals surface area contributed by atoms with Gasteiger partial charge in [0, 0.05) is 12.6 Å². The molecule has 108 valence electrons. The van der Waals surface area contributed by atoms with Gasteiger partial charge in [0.1, 0.15) is 11.5 Å². The van der Waals surface area contributed by atoms with E-state index < -0.39 is 0 Å². The number of pyridine rings is 1. The highest BCUT2D eigenvalue weighted by atomic mass is 16.2. The van der Waals surface area contributed by atoms with Crippen molar-refractivity contribution >= 4 is 11.7 Å². The molecule has 20 heavy (non-hydrogen) atoms. The molecular weight excluding hydrogens is 250 g/mol. The van der Waals surface area contributed by atoms with Gasteiger partial charge in [0.2, 0.25) is 0 Å². The standard InChI is InChI=1S/C16H23N3O/c1-2-10-17-14-5-3-4-13(18-14)16(20)19-15(11-6-7-11)12-8-9-12/h3-5,11-12,15H,2,6-10H2,1H3,(H,17,18)(H,19,20). The van der Waals surface area contributed by atoms with E-state index in [1.54, 1.807) is 6.07 Å². The van der Waals surface area contributed by atoms with Crippen LogP contribution < -0.4 is 10.6 Å². The fraction of sp³-hybridized carbons (Fsp3) is 0.625. The molecule has 0 aliphatic heterocycles. The number of hydrogen-bond donors (Lipinski definition) is 2. The highest BCUT2D eigenvalue weighted by Crippen LogP contribution is 2.44. The van der Waals surface area contributed by atoms with Gasteiger partial charge in [0.25, 0.3) is 5.91 Å². The first kappa shape index (κ1) is 13.4. The maximum Gasteiger partial charge on any atom is 0.270 e. The Hall–Kier alpha value is -1.58. The van der Waals surface area contributed by atoms with Crippen LogP contribution in [0.25, 0.3) is 0 Å². The van der Waals surface area contributed by atoms with E-state index in [1.807, 2.05) is 12.1 Å². The molecule has 0 atom stereocenters. The second kappa shape index (κ2) is 5.81. The molecule has 0 unspecified atom stereocenters. The lowest BCUT2D eigenvalue weighted by atomic mass is 10.1. The van der Waals surface area contributed by atoms with Crippen LogP contribution in [0.5, 0.6) is 0 Å². The Morgan fingerprint density at radius 3 is 2.60 bits per heavy atom. The average molecular weight is 273 g/mol. The maximum atomic E-state index is 12.3. The zero-order valence-electron chi connectivity index (χ0n) is 12.1. The Morgan fingerprint density at radius 1 is 1.30 bits per heavy atom.